The summed E-state index contributed by atoms with van der Waals surface area (Å²) in [4.78, 5) is 12.0. The molecule has 0 radical (unpaired) electrons. The Bertz CT molecular complexity index is 696. The fourth-order valence-corrected chi connectivity index (χ4v) is 3.34. The molecule has 0 bridgehead atoms. The normalized spacial score (nSPS) is 18.4. The van der Waals surface area contributed by atoms with Crippen molar-refractivity contribution in [2.24, 2.45) is 0 Å². The molecule has 2 aliphatic rings. The largest absolute Gasteiger partial charge is 0.448 e. The number of nitrogens with zero attached hydrogens (tertiary/aromatic N) is 2. The predicted molar refractivity (Wildman–Crippen MR) is 81.4 cm³/mol. The van der Waals surface area contributed by atoms with Gasteiger partial charge >= 0.3 is 0 Å². The van der Waals surface area contributed by atoms with Crippen LogP contribution in [0.15, 0.2) is 24.4 Å². The summed E-state index contributed by atoms with van der Waals surface area (Å²) in [6, 6.07) is 5.45. The first kappa shape index (κ1) is 13.5. The molecular weight excluding hydrogens is 302 g/mol. The number of fused-ring (bicyclic) bond motifs is 1. The summed E-state index contributed by atoms with van der Waals surface area (Å²) in [5.74, 6) is 0.661. The van der Waals surface area contributed by atoms with Crippen molar-refractivity contribution in [3.63, 3.8) is 0 Å². The van der Waals surface area contributed by atoms with Crippen LogP contribution >= 0.6 is 11.7 Å². The molecule has 1 N–H and O–H groups in total. The number of ether oxygens (including phenoxy) is 2. The number of hydrogen-bond donors (Lipinski definition) is 1. The lowest BCUT2D eigenvalue weighted by Crippen LogP contribution is -2.40. The molecule has 1 aliphatic carbocycles. The Morgan fingerprint density at radius 3 is 2.77 bits per heavy atom. The van der Waals surface area contributed by atoms with Crippen LogP contribution in [0, 0.1) is 0 Å². The lowest BCUT2D eigenvalue weighted by atomic mass is 9.94. The summed E-state index contributed by atoms with van der Waals surface area (Å²) in [7, 11) is 0. The van der Waals surface area contributed by atoms with Crippen LogP contribution in [0.5, 0.6) is 11.5 Å². The van der Waals surface area contributed by atoms with Crippen molar-refractivity contribution in [2.75, 3.05) is 5.32 Å². The van der Waals surface area contributed by atoms with Gasteiger partial charge in [0.05, 0.1) is 17.9 Å². The summed E-state index contributed by atoms with van der Waals surface area (Å²) < 4.78 is 19.8. The number of anilines is 1. The van der Waals surface area contributed by atoms with E-state index < -0.39 is 5.79 Å². The van der Waals surface area contributed by atoms with Gasteiger partial charge in [-0.3, -0.25) is 4.79 Å². The second kappa shape index (κ2) is 5.24. The predicted octanol–water partition coefficient (Wildman–Crippen LogP) is 3.22. The standard InChI is InChI=1S/C15H15N3O3S/c19-14(11-9-16-22-18-11)17-10-4-5-12-13(8-10)21-15(20-12)6-2-1-3-7-15/h4-5,8-9H,1-3,6-7H2,(H,17,19). The monoisotopic (exact) mass is 317 g/mol. The van der Waals surface area contributed by atoms with Gasteiger partial charge in [-0.2, -0.15) is 8.75 Å². The van der Waals surface area contributed by atoms with Crippen LogP contribution < -0.4 is 14.8 Å². The number of carbonyl (C=O) groups excluding carboxylic acids is 1. The zero-order valence-electron chi connectivity index (χ0n) is 11.9. The Hall–Kier alpha value is -2.15. The van der Waals surface area contributed by atoms with E-state index in [9.17, 15) is 4.79 Å². The fraction of sp³-hybridized carbons (Fsp3) is 0.400. The van der Waals surface area contributed by atoms with Crippen molar-refractivity contribution in [1.29, 1.82) is 0 Å². The Labute approximate surface area is 131 Å². The Morgan fingerprint density at radius 2 is 2.00 bits per heavy atom. The third kappa shape index (κ3) is 2.41. The van der Waals surface area contributed by atoms with E-state index in [1.807, 2.05) is 12.1 Å². The molecule has 1 saturated carbocycles. The van der Waals surface area contributed by atoms with E-state index in [1.54, 1.807) is 6.07 Å². The third-order valence-electron chi connectivity index (χ3n) is 4.00. The van der Waals surface area contributed by atoms with E-state index in [-0.39, 0.29) is 5.91 Å². The smallest absolute Gasteiger partial charge is 0.277 e. The van der Waals surface area contributed by atoms with Crippen LogP contribution in [0.4, 0.5) is 5.69 Å². The van der Waals surface area contributed by atoms with Gasteiger partial charge in [0.2, 0.25) is 0 Å². The van der Waals surface area contributed by atoms with Gasteiger partial charge in [-0.25, -0.2) is 0 Å². The number of rotatable bonds is 2. The molecule has 22 heavy (non-hydrogen) atoms. The van der Waals surface area contributed by atoms with Gasteiger partial charge in [0.25, 0.3) is 11.7 Å². The zero-order valence-corrected chi connectivity index (χ0v) is 12.7. The van der Waals surface area contributed by atoms with Crippen molar-refractivity contribution in [2.45, 2.75) is 37.9 Å². The van der Waals surface area contributed by atoms with Gasteiger partial charge in [0, 0.05) is 24.6 Å². The molecular formula is C15H15N3O3S. The second-order valence-corrected chi connectivity index (χ2v) is 6.14. The van der Waals surface area contributed by atoms with Gasteiger partial charge in [0.15, 0.2) is 17.2 Å². The third-order valence-corrected chi connectivity index (χ3v) is 4.48. The van der Waals surface area contributed by atoms with Gasteiger partial charge in [0.1, 0.15) is 0 Å². The molecule has 6 nitrogen and oxygen atoms in total. The first-order valence-corrected chi connectivity index (χ1v) is 8.08. The molecule has 1 amide bonds. The molecule has 2 heterocycles. The summed E-state index contributed by atoms with van der Waals surface area (Å²) >= 11 is 1.01. The minimum absolute atomic E-state index is 0.278. The first-order chi connectivity index (χ1) is 10.7. The van der Waals surface area contributed by atoms with E-state index in [4.69, 9.17) is 9.47 Å². The lowest BCUT2D eigenvalue weighted by molar-refractivity contribution is -0.105. The van der Waals surface area contributed by atoms with Crippen LogP contribution in [0.2, 0.25) is 0 Å². The molecule has 7 heteroatoms. The second-order valence-electron chi connectivity index (χ2n) is 5.58. The molecule has 0 saturated heterocycles. The van der Waals surface area contributed by atoms with Crippen molar-refractivity contribution < 1.29 is 14.3 Å². The molecule has 114 valence electrons. The maximum Gasteiger partial charge on any atom is 0.277 e. The van der Waals surface area contributed by atoms with E-state index in [0.29, 0.717) is 17.1 Å². The number of nitrogens with one attached hydrogen (secondary N) is 1. The molecule has 1 aromatic heterocycles. The number of carbonyl (C=O) groups is 1. The van der Waals surface area contributed by atoms with E-state index in [1.165, 1.54) is 12.6 Å². The summed E-state index contributed by atoms with van der Waals surface area (Å²) in [6.07, 6.45) is 6.74. The summed E-state index contributed by atoms with van der Waals surface area (Å²) in [5.41, 5.74) is 0.972. The average molecular weight is 317 g/mol. The molecule has 1 fully saturated rings. The van der Waals surface area contributed by atoms with Crippen LogP contribution in [-0.4, -0.2) is 20.4 Å². The molecule has 1 aliphatic heterocycles. The van der Waals surface area contributed by atoms with Crippen LogP contribution in [0.25, 0.3) is 0 Å². The van der Waals surface area contributed by atoms with Crippen molar-refractivity contribution in [1.82, 2.24) is 8.75 Å². The minimum atomic E-state index is -0.498. The zero-order chi connectivity index (χ0) is 15.0. The maximum absolute atomic E-state index is 12.0. The fourth-order valence-electron chi connectivity index (χ4n) is 2.93. The minimum Gasteiger partial charge on any atom is -0.448 e. The van der Waals surface area contributed by atoms with Crippen LogP contribution in [0.3, 0.4) is 0 Å². The number of hydrogen-bond acceptors (Lipinski definition) is 6. The highest BCUT2D eigenvalue weighted by Crippen LogP contribution is 2.46. The molecule has 0 unspecified atom stereocenters. The quantitative estimate of drug-likeness (QED) is 0.920. The van der Waals surface area contributed by atoms with Crippen LogP contribution in [-0.2, 0) is 0 Å². The Morgan fingerprint density at radius 1 is 1.18 bits per heavy atom. The maximum atomic E-state index is 12.0. The highest BCUT2D eigenvalue weighted by molar-refractivity contribution is 6.99. The molecule has 0 atom stereocenters. The van der Waals surface area contributed by atoms with Crippen LogP contribution in [0.1, 0.15) is 42.6 Å². The molecule has 4 rings (SSSR count). The average Bonchev–Trinajstić information content (AvgIpc) is 3.15. The van der Waals surface area contributed by atoms with Gasteiger partial charge < -0.3 is 14.8 Å². The Kier molecular flexibility index (Phi) is 3.22. The van der Waals surface area contributed by atoms with E-state index >= 15 is 0 Å². The highest BCUT2D eigenvalue weighted by atomic mass is 32.1. The lowest BCUT2D eigenvalue weighted by Gasteiger charge is -2.31. The summed E-state index contributed by atoms with van der Waals surface area (Å²) in [5, 5.41) is 2.80. The molecule has 1 spiro atoms. The summed E-state index contributed by atoms with van der Waals surface area (Å²) in [6.45, 7) is 0. The highest BCUT2D eigenvalue weighted by Gasteiger charge is 2.42. The SMILES string of the molecule is O=C(Nc1ccc2c(c1)OC1(CCCCC1)O2)c1cnsn1. The van der Waals surface area contributed by atoms with Crippen molar-refractivity contribution >= 4 is 23.3 Å². The van der Waals surface area contributed by atoms with E-state index in [2.05, 4.69) is 14.1 Å². The van der Waals surface area contributed by atoms with Crippen molar-refractivity contribution in [3.05, 3.63) is 30.1 Å². The van der Waals surface area contributed by atoms with Crippen molar-refractivity contribution in [3.8, 4) is 11.5 Å². The first-order valence-electron chi connectivity index (χ1n) is 7.35. The molecule has 2 aromatic rings. The van der Waals surface area contributed by atoms with Gasteiger partial charge in [-0.1, -0.05) is 6.42 Å². The van der Waals surface area contributed by atoms with Gasteiger partial charge in [-0.05, 0) is 25.0 Å². The number of amides is 1. The topological polar surface area (TPSA) is 73.3 Å². The molecule has 1 aromatic carbocycles. The number of aromatic nitrogens is 2. The van der Waals surface area contributed by atoms with E-state index in [0.717, 1.165) is 43.2 Å². The number of benzene rings is 1. The van der Waals surface area contributed by atoms with Gasteiger partial charge in [-0.15, -0.1) is 0 Å². The Balaban J connectivity index is 1.52.